The minimum atomic E-state index is -0.465. The number of imidazole rings is 1. The number of nitrogens with zero attached hydrogens (tertiary/aromatic N) is 5. The summed E-state index contributed by atoms with van der Waals surface area (Å²) in [7, 11) is 0. The highest BCUT2D eigenvalue weighted by Crippen LogP contribution is 2.29. The van der Waals surface area contributed by atoms with Gasteiger partial charge in [0.1, 0.15) is 11.5 Å². The largest absolute Gasteiger partial charge is 0.457 e. The predicted molar refractivity (Wildman–Crippen MR) is 142 cm³/mol. The van der Waals surface area contributed by atoms with E-state index >= 15 is 0 Å². The van der Waals surface area contributed by atoms with Gasteiger partial charge >= 0.3 is 6.03 Å². The lowest BCUT2D eigenvalue weighted by Crippen LogP contribution is -2.36. The van der Waals surface area contributed by atoms with Crippen LogP contribution in [0.25, 0.3) is 11.0 Å². The zero-order valence-corrected chi connectivity index (χ0v) is 20.5. The molecular weight excluding hydrogens is 506 g/mol. The Kier molecular flexibility index (Phi) is 6.49. The summed E-state index contributed by atoms with van der Waals surface area (Å²) in [4.78, 5) is 39.1. The first-order chi connectivity index (χ1) is 19.1. The zero-order valence-electron chi connectivity index (χ0n) is 20.5. The van der Waals surface area contributed by atoms with Crippen molar-refractivity contribution in [3.05, 3.63) is 60.9 Å². The molecule has 14 nitrogen and oxygen atoms in total. The molecule has 2 aromatic carbocycles. The summed E-state index contributed by atoms with van der Waals surface area (Å²) in [5, 5.41) is 12.2. The van der Waals surface area contributed by atoms with Crippen LogP contribution in [0.5, 0.6) is 11.5 Å². The third-order valence-electron chi connectivity index (χ3n) is 5.87. The molecule has 1 saturated heterocycles. The number of aromatic nitrogens is 5. The molecule has 1 aliphatic heterocycles. The standard InChI is InChI=1S/C25H23N9O5/c35-15-34(21-2-1-11-38-21)23-27-19-8-7-18(14-20(19)28-23)39-17-5-3-16(4-6-17)26-25(36)30-22-29-24(32-31-22)33-9-12-37-13-10-33/h1-8,11,14-15H,9-10,12-13H2,(H,27,28)(H3,26,29,30,31,32,36). The topological polar surface area (TPSA) is 167 Å². The summed E-state index contributed by atoms with van der Waals surface area (Å²) in [6, 6.07) is 15.1. The number of fused-ring (bicyclic) bond motifs is 1. The van der Waals surface area contributed by atoms with E-state index in [0.717, 1.165) is 0 Å². The van der Waals surface area contributed by atoms with E-state index in [-0.39, 0.29) is 5.95 Å². The number of hydrogen-bond donors (Lipinski definition) is 4. The zero-order chi connectivity index (χ0) is 26.6. The molecule has 0 saturated carbocycles. The summed E-state index contributed by atoms with van der Waals surface area (Å²) < 4.78 is 16.6. The van der Waals surface area contributed by atoms with Gasteiger partial charge in [-0.15, -0.1) is 5.10 Å². The second kappa shape index (κ2) is 10.5. The smallest absolute Gasteiger partial charge is 0.326 e. The van der Waals surface area contributed by atoms with Crippen LogP contribution in [0.2, 0.25) is 0 Å². The van der Waals surface area contributed by atoms with E-state index in [2.05, 4.69) is 35.8 Å². The minimum Gasteiger partial charge on any atom is -0.457 e. The molecule has 3 aromatic heterocycles. The lowest BCUT2D eigenvalue weighted by molar-refractivity contribution is -0.107. The van der Waals surface area contributed by atoms with Crippen LogP contribution in [-0.4, -0.2) is 63.9 Å². The highest BCUT2D eigenvalue weighted by molar-refractivity contribution is 5.98. The molecule has 198 valence electrons. The van der Waals surface area contributed by atoms with Crippen molar-refractivity contribution in [1.82, 2.24) is 25.1 Å². The second-order valence-electron chi connectivity index (χ2n) is 8.46. The molecule has 4 heterocycles. The normalized spacial score (nSPS) is 13.3. The summed E-state index contributed by atoms with van der Waals surface area (Å²) >= 11 is 0. The molecule has 0 spiro atoms. The van der Waals surface area contributed by atoms with Gasteiger partial charge in [0, 0.05) is 30.9 Å². The molecule has 4 N–H and O–H groups in total. The minimum absolute atomic E-state index is 0.242. The van der Waals surface area contributed by atoms with Crippen LogP contribution in [-0.2, 0) is 9.53 Å². The van der Waals surface area contributed by atoms with Crippen molar-refractivity contribution in [1.29, 1.82) is 0 Å². The van der Waals surface area contributed by atoms with Crippen LogP contribution < -0.4 is 25.2 Å². The monoisotopic (exact) mass is 529 g/mol. The van der Waals surface area contributed by atoms with Gasteiger partial charge in [-0.25, -0.2) is 19.8 Å². The molecule has 1 aliphatic rings. The van der Waals surface area contributed by atoms with Crippen LogP contribution in [0.15, 0.2) is 65.3 Å². The molecule has 0 bridgehead atoms. The van der Waals surface area contributed by atoms with E-state index in [0.29, 0.717) is 78.7 Å². The van der Waals surface area contributed by atoms with Gasteiger partial charge in [0.05, 0.1) is 30.5 Å². The van der Waals surface area contributed by atoms with Crippen molar-refractivity contribution in [3.63, 3.8) is 0 Å². The Bertz CT molecular complexity index is 1570. The third-order valence-corrected chi connectivity index (χ3v) is 5.87. The molecule has 39 heavy (non-hydrogen) atoms. The summed E-state index contributed by atoms with van der Waals surface area (Å²) in [5.41, 5.74) is 1.90. The number of carbonyl (C=O) groups excluding carboxylic acids is 2. The molecule has 6 rings (SSSR count). The average Bonchev–Trinajstić information content (AvgIpc) is 3.72. The molecule has 5 aromatic rings. The number of carbonyl (C=O) groups is 2. The van der Waals surface area contributed by atoms with E-state index < -0.39 is 6.03 Å². The second-order valence-corrected chi connectivity index (χ2v) is 8.46. The first kappa shape index (κ1) is 24.0. The number of rotatable bonds is 8. The number of benzene rings is 2. The highest BCUT2D eigenvalue weighted by Gasteiger charge is 2.17. The number of amides is 3. The van der Waals surface area contributed by atoms with Crippen molar-refractivity contribution < 1.29 is 23.5 Å². The predicted octanol–water partition coefficient (Wildman–Crippen LogP) is 3.84. The molecule has 0 radical (unpaired) electrons. The van der Waals surface area contributed by atoms with E-state index in [4.69, 9.17) is 13.9 Å². The number of morpholine rings is 1. The Hall–Kier alpha value is -5.37. The van der Waals surface area contributed by atoms with Crippen molar-refractivity contribution >= 4 is 52.9 Å². The number of H-pyrrole nitrogens is 2. The number of nitrogens with one attached hydrogen (secondary N) is 4. The average molecular weight is 530 g/mol. The molecule has 1 fully saturated rings. The Morgan fingerprint density at radius 2 is 1.87 bits per heavy atom. The van der Waals surface area contributed by atoms with Crippen molar-refractivity contribution in [2.24, 2.45) is 0 Å². The summed E-state index contributed by atoms with van der Waals surface area (Å²) in [5.74, 6) is 2.55. The number of aromatic amines is 2. The van der Waals surface area contributed by atoms with Gasteiger partial charge in [0.15, 0.2) is 0 Å². The van der Waals surface area contributed by atoms with E-state index in [1.165, 1.54) is 11.2 Å². The van der Waals surface area contributed by atoms with Crippen LogP contribution >= 0.6 is 0 Å². The maximum atomic E-state index is 12.4. The summed E-state index contributed by atoms with van der Waals surface area (Å²) in [6.07, 6.45) is 2.10. The van der Waals surface area contributed by atoms with E-state index in [9.17, 15) is 9.59 Å². The summed E-state index contributed by atoms with van der Waals surface area (Å²) in [6.45, 7) is 2.62. The Labute approximate surface area is 220 Å². The maximum absolute atomic E-state index is 12.4. The molecular formula is C25H23N9O5. The molecule has 0 atom stereocenters. The van der Waals surface area contributed by atoms with Crippen molar-refractivity contribution in [2.45, 2.75) is 0 Å². The Balaban J connectivity index is 1.06. The Morgan fingerprint density at radius 1 is 1.05 bits per heavy atom. The van der Waals surface area contributed by atoms with Gasteiger partial charge in [-0.1, -0.05) is 0 Å². The quantitative estimate of drug-likeness (QED) is 0.218. The van der Waals surface area contributed by atoms with Gasteiger partial charge in [0.2, 0.25) is 30.1 Å². The number of furan rings is 1. The molecule has 3 amide bonds. The third kappa shape index (κ3) is 5.35. The SMILES string of the molecule is O=CN(c1nc2ccc(Oc3ccc(NC(=O)Nc4nc(N5CCOCC5)n[nH]4)cc3)cc2[nH]1)c1ccco1. The van der Waals surface area contributed by atoms with Crippen LogP contribution in [0.4, 0.5) is 34.2 Å². The fraction of sp³-hybridized carbons (Fsp3) is 0.160. The molecule has 14 heteroatoms. The first-order valence-electron chi connectivity index (χ1n) is 12.0. The fourth-order valence-electron chi connectivity index (χ4n) is 3.99. The van der Waals surface area contributed by atoms with Crippen LogP contribution in [0.3, 0.4) is 0 Å². The fourth-order valence-corrected chi connectivity index (χ4v) is 3.99. The van der Waals surface area contributed by atoms with Gasteiger partial charge in [-0.05, 0) is 42.5 Å². The van der Waals surface area contributed by atoms with Gasteiger partial charge in [0.25, 0.3) is 0 Å². The number of urea groups is 1. The molecule has 0 unspecified atom stereocenters. The highest BCUT2D eigenvalue weighted by atomic mass is 16.5. The van der Waals surface area contributed by atoms with Gasteiger partial charge in [-0.3, -0.25) is 10.1 Å². The van der Waals surface area contributed by atoms with Gasteiger partial charge < -0.3 is 29.1 Å². The van der Waals surface area contributed by atoms with Crippen molar-refractivity contribution in [2.75, 3.05) is 46.7 Å². The number of ether oxygens (including phenoxy) is 2. The van der Waals surface area contributed by atoms with Crippen LogP contribution in [0, 0.1) is 0 Å². The Morgan fingerprint density at radius 3 is 2.64 bits per heavy atom. The van der Waals surface area contributed by atoms with Crippen LogP contribution in [0.1, 0.15) is 0 Å². The van der Waals surface area contributed by atoms with Crippen molar-refractivity contribution in [3.8, 4) is 11.5 Å². The molecule has 0 aliphatic carbocycles. The van der Waals surface area contributed by atoms with E-state index in [1.54, 1.807) is 54.6 Å². The lowest BCUT2D eigenvalue weighted by Gasteiger charge is -2.25. The number of anilines is 5. The van der Waals surface area contributed by atoms with E-state index in [1.807, 2.05) is 4.90 Å². The van der Waals surface area contributed by atoms with Gasteiger partial charge in [-0.2, -0.15) is 4.98 Å². The lowest BCUT2D eigenvalue weighted by atomic mass is 10.3. The first-order valence-corrected chi connectivity index (χ1v) is 12.0. The maximum Gasteiger partial charge on any atom is 0.326 e. The number of hydrogen-bond acceptors (Lipinski definition) is 9.